The van der Waals surface area contributed by atoms with Gasteiger partial charge in [-0.2, -0.15) is 0 Å². The minimum Gasteiger partial charge on any atom is -0.455 e. The maximum absolute atomic E-state index is 12.3. The van der Waals surface area contributed by atoms with Crippen LogP contribution in [0.25, 0.3) is 0 Å². The van der Waals surface area contributed by atoms with Gasteiger partial charge in [0.25, 0.3) is 0 Å². The van der Waals surface area contributed by atoms with Crippen molar-refractivity contribution in [2.45, 2.75) is 51.9 Å². The number of aliphatic hydroxyl groups is 2. The van der Waals surface area contributed by atoms with Crippen LogP contribution >= 0.6 is 0 Å². The Morgan fingerprint density at radius 2 is 2.19 bits per heavy atom. The van der Waals surface area contributed by atoms with Crippen molar-refractivity contribution in [2.75, 3.05) is 6.61 Å². The maximum atomic E-state index is 12.3. The number of fused-ring (bicyclic) bond motifs is 1. The van der Waals surface area contributed by atoms with Crippen molar-refractivity contribution in [3.8, 4) is 0 Å². The van der Waals surface area contributed by atoms with E-state index >= 15 is 0 Å². The molecule has 142 valence electrons. The minimum absolute atomic E-state index is 0.145. The van der Waals surface area contributed by atoms with E-state index in [2.05, 4.69) is 6.58 Å². The summed E-state index contributed by atoms with van der Waals surface area (Å²) >= 11 is 0. The lowest BCUT2D eigenvalue weighted by atomic mass is 9.83. The molecule has 2 N–H and O–H groups in total. The maximum Gasteiger partial charge on any atom is 0.334 e. The second-order valence-corrected chi connectivity index (χ2v) is 6.70. The molecular formula is C20H26O6. The molecule has 1 fully saturated rings. The van der Waals surface area contributed by atoms with Crippen molar-refractivity contribution in [1.82, 2.24) is 0 Å². The number of allylic oxidation sites excluding steroid dienone is 3. The number of hydrogen-bond donors (Lipinski definition) is 2. The van der Waals surface area contributed by atoms with Crippen molar-refractivity contribution in [3.05, 3.63) is 47.1 Å². The summed E-state index contributed by atoms with van der Waals surface area (Å²) < 4.78 is 10.9. The molecule has 6 nitrogen and oxygen atoms in total. The third-order valence-electron chi connectivity index (χ3n) is 4.88. The second kappa shape index (κ2) is 8.47. The van der Waals surface area contributed by atoms with Crippen molar-refractivity contribution < 1.29 is 29.3 Å². The Bertz CT molecular complexity index is 684. The zero-order chi connectivity index (χ0) is 19.4. The van der Waals surface area contributed by atoms with E-state index in [0.29, 0.717) is 24.0 Å². The van der Waals surface area contributed by atoms with Crippen LogP contribution in [0.1, 0.15) is 33.6 Å². The van der Waals surface area contributed by atoms with Crippen LogP contribution in [-0.4, -0.2) is 47.1 Å². The van der Waals surface area contributed by atoms with Gasteiger partial charge in [-0.1, -0.05) is 24.3 Å². The smallest absolute Gasteiger partial charge is 0.334 e. The lowest BCUT2D eigenvalue weighted by molar-refractivity contribution is -0.153. The number of ether oxygens (including phenoxy) is 2. The van der Waals surface area contributed by atoms with Gasteiger partial charge in [0.1, 0.15) is 18.3 Å². The predicted octanol–water partition coefficient (Wildman–Crippen LogP) is 1.98. The minimum atomic E-state index is -1.26. The van der Waals surface area contributed by atoms with Crippen LogP contribution in [0.5, 0.6) is 0 Å². The highest BCUT2D eigenvalue weighted by atomic mass is 16.6. The van der Waals surface area contributed by atoms with Crippen molar-refractivity contribution in [2.24, 2.45) is 5.92 Å². The van der Waals surface area contributed by atoms with Gasteiger partial charge in [0.2, 0.25) is 0 Å². The Hall–Kier alpha value is -2.18. The summed E-state index contributed by atoms with van der Waals surface area (Å²) in [5.41, 5.74) is 1.87. The summed E-state index contributed by atoms with van der Waals surface area (Å²) in [6.45, 7) is 8.62. The Labute approximate surface area is 153 Å². The third kappa shape index (κ3) is 4.14. The number of carbonyl (C=O) groups excluding carboxylic acids is 2. The van der Waals surface area contributed by atoms with Crippen molar-refractivity contribution in [3.63, 3.8) is 0 Å². The number of carbonyl (C=O) groups is 2. The van der Waals surface area contributed by atoms with E-state index in [-0.39, 0.29) is 12.2 Å². The van der Waals surface area contributed by atoms with Gasteiger partial charge in [0.15, 0.2) is 0 Å². The Balaban J connectivity index is 2.50. The molecule has 2 rings (SSSR count). The standard InChI is InChI=1S/C20H26O6/c1-5-12(3)19(23)26-18-16-13(4)20(24)25-15(16)9-11(2)7-6-8-14(10-21)17(18)22/h5,8-9,15-18,21-22H,4,6-7,10H2,1-3H3/b11-9+,12-5-,14-8+/t15-,16+,17-,18+/m1/s1. The van der Waals surface area contributed by atoms with Crippen LogP contribution in [0.4, 0.5) is 0 Å². The van der Waals surface area contributed by atoms with Gasteiger partial charge in [-0.05, 0) is 45.3 Å². The molecule has 1 aliphatic heterocycles. The molecule has 0 bridgehead atoms. The summed E-state index contributed by atoms with van der Waals surface area (Å²) in [4.78, 5) is 24.4. The first-order valence-corrected chi connectivity index (χ1v) is 8.69. The van der Waals surface area contributed by atoms with Crippen LogP contribution in [0.3, 0.4) is 0 Å². The van der Waals surface area contributed by atoms with E-state index in [4.69, 9.17) is 9.47 Å². The van der Waals surface area contributed by atoms with E-state index in [9.17, 15) is 19.8 Å². The highest BCUT2D eigenvalue weighted by Gasteiger charge is 2.47. The monoisotopic (exact) mass is 362 g/mol. The Morgan fingerprint density at radius 1 is 1.50 bits per heavy atom. The molecule has 1 saturated heterocycles. The van der Waals surface area contributed by atoms with Crippen LogP contribution in [0.2, 0.25) is 0 Å². The molecule has 0 aromatic rings. The second-order valence-electron chi connectivity index (χ2n) is 6.70. The quantitative estimate of drug-likeness (QED) is 0.453. The van der Waals surface area contributed by atoms with E-state index < -0.39 is 36.2 Å². The fraction of sp³-hybridized carbons (Fsp3) is 0.500. The highest BCUT2D eigenvalue weighted by Crippen LogP contribution is 2.36. The molecule has 26 heavy (non-hydrogen) atoms. The number of rotatable bonds is 3. The molecule has 6 heteroatoms. The lowest BCUT2D eigenvalue weighted by Crippen LogP contribution is -2.43. The van der Waals surface area contributed by atoms with Crippen LogP contribution < -0.4 is 0 Å². The summed E-state index contributed by atoms with van der Waals surface area (Å²) in [5, 5.41) is 20.5. The first-order valence-electron chi connectivity index (χ1n) is 8.69. The normalized spacial score (nSPS) is 34.1. The molecule has 1 heterocycles. The predicted molar refractivity (Wildman–Crippen MR) is 96.0 cm³/mol. The molecule has 0 aromatic carbocycles. The summed E-state index contributed by atoms with van der Waals surface area (Å²) in [6, 6.07) is 0. The molecule has 0 saturated carbocycles. The average Bonchev–Trinajstić information content (AvgIpc) is 2.88. The molecule has 0 aromatic heterocycles. The van der Waals surface area contributed by atoms with E-state index in [1.54, 1.807) is 26.0 Å². The van der Waals surface area contributed by atoms with Gasteiger partial charge in [-0.15, -0.1) is 0 Å². The lowest BCUT2D eigenvalue weighted by Gasteiger charge is -2.31. The van der Waals surface area contributed by atoms with Crippen molar-refractivity contribution >= 4 is 11.9 Å². The Kier molecular flexibility index (Phi) is 6.56. The zero-order valence-electron chi connectivity index (χ0n) is 15.4. The molecule has 4 atom stereocenters. The molecule has 2 aliphatic rings. The van der Waals surface area contributed by atoms with Crippen LogP contribution in [0.15, 0.2) is 47.1 Å². The van der Waals surface area contributed by atoms with Gasteiger partial charge in [-0.3, -0.25) is 0 Å². The topological polar surface area (TPSA) is 93.1 Å². The highest BCUT2D eigenvalue weighted by molar-refractivity contribution is 5.92. The van der Waals surface area contributed by atoms with E-state index in [0.717, 1.165) is 5.57 Å². The number of hydrogen-bond acceptors (Lipinski definition) is 6. The number of aliphatic hydroxyl groups excluding tert-OH is 2. The van der Waals surface area contributed by atoms with Gasteiger partial charge in [-0.25, -0.2) is 9.59 Å². The SMILES string of the molecule is C=C1C(=O)O[C@@H]2/C=C(\C)CC/C=C(\CO)[C@@H](O)[C@@H](OC(=O)/C(C)=C\C)[C@@H]12. The van der Waals surface area contributed by atoms with Crippen molar-refractivity contribution in [1.29, 1.82) is 0 Å². The fourth-order valence-electron chi connectivity index (χ4n) is 3.14. The van der Waals surface area contributed by atoms with E-state index in [1.807, 2.05) is 13.0 Å². The molecular weight excluding hydrogens is 336 g/mol. The summed E-state index contributed by atoms with van der Waals surface area (Å²) in [6.07, 6.45) is 3.43. The molecule has 1 aliphatic carbocycles. The van der Waals surface area contributed by atoms with Gasteiger partial charge in [0, 0.05) is 11.1 Å². The number of esters is 2. The van der Waals surface area contributed by atoms with Gasteiger partial charge < -0.3 is 19.7 Å². The third-order valence-corrected chi connectivity index (χ3v) is 4.88. The van der Waals surface area contributed by atoms with Gasteiger partial charge in [0.05, 0.1) is 12.5 Å². The first kappa shape index (κ1) is 20.1. The molecule has 0 spiro atoms. The van der Waals surface area contributed by atoms with Gasteiger partial charge >= 0.3 is 11.9 Å². The first-order chi connectivity index (χ1) is 12.3. The Morgan fingerprint density at radius 3 is 2.81 bits per heavy atom. The summed E-state index contributed by atoms with van der Waals surface area (Å²) in [5.74, 6) is -1.90. The molecule has 0 unspecified atom stereocenters. The summed E-state index contributed by atoms with van der Waals surface area (Å²) in [7, 11) is 0. The van der Waals surface area contributed by atoms with Crippen LogP contribution in [0, 0.1) is 5.92 Å². The molecule has 0 radical (unpaired) electrons. The largest absolute Gasteiger partial charge is 0.455 e. The van der Waals surface area contributed by atoms with Crippen LogP contribution in [-0.2, 0) is 19.1 Å². The molecule has 0 amide bonds. The zero-order valence-corrected chi connectivity index (χ0v) is 15.4. The average molecular weight is 362 g/mol. The fourth-order valence-corrected chi connectivity index (χ4v) is 3.14. The van der Waals surface area contributed by atoms with E-state index in [1.165, 1.54) is 0 Å².